The van der Waals surface area contributed by atoms with Gasteiger partial charge in [-0.3, -0.25) is 0 Å². The van der Waals surface area contributed by atoms with Crippen molar-refractivity contribution in [3.05, 3.63) is 107 Å². The number of aromatic amines is 2. The molecule has 2 aromatic heterocycles. The van der Waals surface area contributed by atoms with Crippen LogP contribution in [0.15, 0.2) is 85.2 Å². The van der Waals surface area contributed by atoms with Crippen LogP contribution < -0.4 is 0 Å². The van der Waals surface area contributed by atoms with E-state index in [0.717, 1.165) is 11.0 Å². The molecule has 5 aromatic rings. The first kappa shape index (κ1) is 16.4. The molecule has 0 fully saturated rings. The van der Waals surface area contributed by atoms with Gasteiger partial charge in [0.2, 0.25) is 0 Å². The van der Waals surface area contributed by atoms with Crippen LogP contribution in [-0.4, -0.2) is 9.97 Å². The molecule has 134 valence electrons. The van der Waals surface area contributed by atoms with E-state index < -0.39 is 0 Å². The van der Waals surface area contributed by atoms with Gasteiger partial charge in [0.25, 0.3) is 0 Å². The molecule has 0 radical (unpaired) electrons. The number of nitrogens with one attached hydrogen (secondary N) is 2. The van der Waals surface area contributed by atoms with Crippen LogP contribution in [0.3, 0.4) is 0 Å². The van der Waals surface area contributed by atoms with Gasteiger partial charge in [0.15, 0.2) is 0 Å². The highest BCUT2D eigenvalue weighted by atomic mass is 14.7. The average Bonchev–Trinajstić information content (AvgIpc) is 3.35. The van der Waals surface area contributed by atoms with Crippen molar-refractivity contribution in [1.82, 2.24) is 9.97 Å². The van der Waals surface area contributed by atoms with E-state index in [2.05, 4.69) is 119 Å². The molecule has 5 rings (SSSR count). The topological polar surface area (TPSA) is 31.6 Å². The second-order valence-electron chi connectivity index (χ2n) is 6.92. The molecule has 2 heterocycles. The Morgan fingerprint density at radius 3 is 1.54 bits per heavy atom. The molecule has 2 heteroatoms. The first-order chi connectivity index (χ1) is 13.9. The maximum atomic E-state index is 3.32. The van der Waals surface area contributed by atoms with E-state index in [1.54, 1.807) is 0 Å². The lowest BCUT2D eigenvalue weighted by atomic mass is 10.1. The smallest absolute Gasteiger partial charge is 0.0460 e. The number of para-hydroxylation sites is 2. The van der Waals surface area contributed by atoms with E-state index in [1.807, 2.05) is 0 Å². The summed E-state index contributed by atoms with van der Waals surface area (Å²) in [5.74, 6) is 0. The Morgan fingerprint density at radius 2 is 1.00 bits per heavy atom. The molecule has 0 atom stereocenters. The minimum atomic E-state index is 1.16. The standard InChI is InChI=1S/C26H20N2/c1-3-10-25-23(8-1)21(17-27-25)14-12-19-6-5-7-20(16-19)13-15-22-18-28-26-11-4-2-9-24(22)26/h1-18,27-28H. The van der Waals surface area contributed by atoms with Crippen molar-refractivity contribution in [2.24, 2.45) is 0 Å². The Hall–Kier alpha value is -3.78. The van der Waals surface area contributed by atoms with Crippen LogP contribution in [0.25, 0.3) is 46.1 Å². The molecular weight excluding hydrogens is 340 g/mol. The van der Waals surface area contributed by atoms with E-state index in [1.165, 1.54) is 33.0 Å². The zero-order valence-corrected chi connectivity index (χ0v) is 15.4. The number of hydrogen-bond acceptors (Lipinski definition) is 0. The number of fused-ring (bicyclic) bond motifs is 2. The predicted octanol–water partition coefficient (Wildman–Crippen LogP) is 6.99. The number of aromatic nitrogens is 2. The number of hydrogen-bond donors (Lipinski definition) is 2. The molecule has 0 aliphatic rings. The fraction of sp³-hybridized carbons (Fsp3) is 0. The maximum Gasteiger partial charge on any atom is 0.0460 e. The van der Waals surface area contributed by atoms with E-state index >= 15 is 0 Å². The summed E-state index contributed by atoms with van der Waals surface area (Å²) >= 11 is 0. The minimum absolute atomic E-state index is 1.16. The summed E-state index contributed by atoms with van der Waals surface area (Å²) in [5.41, 5.74) is 7.11. The molecule has 0 aliphatic carbocycles. The van der Waals surface area contributed by atoms with E-state index in [4.69, 9.17) is 0 Å². The second kappa shape index (κ2) is 7.09. The molecule has 0 saturated heterocycles. The quantitative estimate of drug-likeness (QED) is 0.346. The molecule has 2 N–H and O–H groups in total. The van der Waals surface area contributed by atoms with Crippen LogP contribution in [-0.2, 0) is 0 Å². The molecule has 28 heavy (non-hydrogen) atoms. The molecule has 0 aliphatic heterocycles. The van der Waals surface area contributed by atoms with Gasteiger partial charge in [0.05, 0.1) is 0 Å². The van der Waals surface area contributed by atoms with Crippen molar-refractivity contribution in [3.63, 3.8) is 0 Å². The highest BCUT2D eigenvalue weighted by Gasteiger charge is 2.00. The number of benzene rings is 3. The van der Waals surface area contributed by atoms with E-state index in [0.29, 0.717) is 0 Å². The molecule has 0 bridgehead atoms. The summed E-state index contributed by atoms with van der Waals surface area (Å²) in [4.78, 5) is 6.64. The van der Waals surface area contributed by atoms with Crippen molar-refractivity contribution in [1.29, 1.82) is 0 Å². The number of H-pyrrole nitrogens is 2. The lowest BCUT2D eigenvalue weighted by molar-refractivity contribution is 1.47. The SMILES string of the molecule is C(=Cc1c[nH]c2ccccc12)c1cccc(C=Cc2c[nH]c3ccccc23)c1. The lowest BCUT2D eigenvalue weighted by Gasteiger charge is -1.98. The van der Waals surface area contributed by atoms with Crippen molar-refractivity contribution in [2.75, 3.05) is 0 Å². The molecule has 2 nitrogen and oxygen atoms in total. The minimum Gasteiger partial charge on any atom is -0.361 e. The van der Waals surface area contributed by atoms with Crippen LogP contribution in [0.5, 0.6) is 0 Å². The van der Waals surface area contributed by atoms with Crippen LogP contribution in [0.4, 0.5) is 0 Å². The van der Waals surface area contributed by atoms with Crippen molar-refractivity contribution in [2.45, 2.75) is 0 Å². The van der Waals surface area contributed by atoms with Crippen molar-refractivity contribution >= 4 is 46.1 Å². The van der Waals surface area contributed by atoms with Crippen molar-refractivity contribution in [3.8, 4) is 0 Å². The molecule has 0 spiro atoms. The predicted molar refractivity (Wildman–Crippen MR) is 121 cm³/mol. The third-order valence-corrected chi connectivity index (χ3v) is 5.06. The summed E-state index contributed by atoms with van der Waals surface area (Å²) < 4.78 is 0. The molecule has 0 unspecified atom stereocenters. The van der Waals surface area contributed by atoms with Crippen molar-refractivity contribution < 1.29 is 0 Å². The maximum absolute atomic E-state index is 3.32. The Balaban J connectivity index is 1.40. The first-order valence-corrected chi connectivity index (χ1v) is 9.45. The van der Waals surface area contributed by atoms with Crippen LogP contribution in [0.1, 0.15) is 22.3 Å². The average molecular weight is 360 g/mol. The van der Waals surface area contributed by atoms with Crippen LogP contribution in [0.2, 0.25) is 0 Å². The van der Waals surface area contributed by atoms with E-state index in [-0.39, 0.29) is 0 Å². The summed E-state index contributed by atoms with van der Waals surface area (Å²) in [5, 5.41) is 2.49. The summed E-state index contributed by atoms with van der Waals surface area (Å²) in [6, 6.07) is 25.3. The van der Waals surface area contributed by atoms with Gasteiger partial charge < -0.3 is 9.97 Å². The Labute approximate surface area is 163 Å². The largest absolute Gasteiger partial charge is 0.361 e. The Kier molecular flexibility index (Phi) is 4.15. The fourth-order valence-corrected chi connectivity index (χ4v) is 3.60. The summed E-state index contributed by atoms with van der Waals surface area (Å²) in [7, 11) is 0. The van der Waals surface area contributed by atoms with E-state index in [9.17, 15) is 0 Å². The normalized spacial score (nSPS) is 12.0. The Morgan fingerprint density at radius 1 is 0.500 bits per heavy atom. The third-order valence-electron chi connectivity index (χ3n) is 5.06. The van der Waals surface area contributed by atoms with Gasteiger partial charge in [-0.2, -0.15) is 0 Å². The van der Waals surface area contributed by atoms with Crippen LogP contribution in [0, 0.1) is 0 Å². The molecule has 0 saturated carbocycles. The van der Waals surface area contributed by atoms with Gasteiger partial charge in [-0.1, -0.05) is 78.9 Å². The number of rotatable bonds is 4. The second-order valence-corrected chi connectivity index (χ2v) is 6.92. The fourth-order valence-electron chi connectivity index (χ4n) is 3.60. The zero-order valence-electron chi connectivity index (χ0n) is 15.4. The third kappa shape index (κ3) is 3.17. The van der Waals surface area contributed by atoms with Gasteiger partial charge in [-0.25, -0.2) is 0 Å². The Bertz CT molecular complexity index is 1220. The van der Waals surface area contributed by atoms with Gasteiger partial charge in [0.1, 0.15) is 0 Å². The van der Waals surface area contributed by atoms with Crippen LogP contribution >= 0.6 is 0 Å². The monoisotopic (exact) mass is 360 g/mol. The highest BCUT2D eigenvalue weighted by Crippen LogP contribution is 2.22. The summed E-state index contributed by atoms with van der Waals surface area (Å²) in [6.07, 6.45) is 12.8. The van der Waals surface area contributed by atoms with Gasteiger partial charge in [-0.05, 0) is 40.5 Å². The van der Waals surface area contributed by atoms with Gasteiger partial charge in [-0.15, -0.1) is 0 Å². The van der Waals surface area contributed by atoms with Gasteiger partial charge >= 0.3 is 0 Å². The lowest BCUT2D eigenvalue weighted by Crippen LogP contribution is -1.76. The molecule has 0 amide bonds. The summed E-state index contributed by atoms with van der Waals surface area (Å²) in [6.45, 7) is 0. The molecule has 3 aromatic carbocycles. The zero-order chi connectivity index (χ0) is 18.8. The highest BCUT2D eigenvalue weighted by molar-refractivity contribution is 5.92. The first-order valence-electron chi connectivity index (χ1n) is 9.45. The van der Waals surface area contributed by atoms with Gasteiger partial charge in [0, 0.05) is 34.2 Å². The molecular formula is C26H20N2.